The molecule has 5 rings (SSSR count). The van der Waals surface area contributed by atoms with Gasteiger partial charge in [-0.3, -0.25) is 4.79 Å². The topological polar surface area (TPSA) is 93.1 Å². The molecule has 1 saturated heterocycles. The number of pyridine rings is 1. The lowest BCUT2D eigenvalue weighted by Gasteiger charge is -2.31. The fraction of sp³-hybridized carbons (Fsp3) is 0.455. The van der Waals surface area contributed by atoms with E-state index in [0.29, 0.717) is 31.6 Å². The molecule has 0 aromatic carbocycles. The Morgan fingerprint density at radius 1 is 1.11 bits per heavy atom. The summed E-state index contributed by atoms with van der Waals surface area (Å²) in [4.78, 5) is 34.7. The van der Waals surface area contributed by atoms with Gasteiger partial charge in [0.05, 0.1) is 36.8 Å². The van der Waals surface area contributed by atoms with Crippen molar-refractivity contribution in [3.05, 3.63) is 47.4 Å². The highest BCUT2D eigenvalue weighted by Crippen LogP contribution is 2.38. The number of amides is 1. The summed E-state index contributed by atoms with van der Waals surface area (Å²) in [6, 6.07) is 1.02. The van der Waals surface area contributed by atoms with Crippen LogP contribution in [0.15, 0.2) is 30.5 Å². The number of nitrogens with zero attached hydrogens (tertiary/aromatic N) is 6. The molecule has 3 aliphatic rings. The molecule has 35 heavy (non-hydrogen) atoms. The van der Waals surface area contributed by atoms with Crippen molar-refractivity contribution in [3.63, 3.8) is 0 Å². The van der Waals surface area contributed by atoms with Gasteiger partial charge in [0.15, 0.2) is 12.4 Å². The van der Waals surface area contributed by atoms with Gasteiger partial charge in [-0.05, 0) is 18.9 Å². The number of fused-ring (bicyclic) bond motifs is 1. The van der Waals surface area contributed by atoms with Crippen molar-refractivity contribution in [2.75, 3.05) is 38.4 Å². The van der Waals surface area contributed by atoms with E-state index in [4.69, 9.17) is 14.3 Å². The predicted octanol–water partition coefficient (Wildman–Crippen LogP) is 2.51. The summed E-state index contributed by atoms with van der Waals surface area (Å²) in [7, 11) is 1.15. The zero-order chi connectivity index (χ0) is 24.6. The second-order valence-electron chi connectivity index (χ2n) is 8.29. The molecule has 5 heterocycles. The Labute approximate surface area is 198 Å². The van der Waals surface area contributed by atoms with Crippen LogP contribution in [0.4, 0.5) is 18.9 Å². The maximum atomic E-state index is 13.5. The number of carbonyl (C=O) groups excluding carboxylic acids is 1. The highest BCUT2D eigenvalue weighted by Gasteiger charge is 2.37. The van der Waals surface area contributed by atoms with Crippen molar-refractivity contribution in [2.24, 2.45) is 0 Å². The summed E-state index contributed by atoms with van der Waals surface area (Å²) in [6.45, 7) is 1.99. The van der Waals surface area contributed by atoms with E-state index in [9.17, 15) is 18.0 Å². The van der Waals surface area contributed by atoms with Gasteiger partial charge < -0.3 is 24.1 Å². The molecule has 0 aliphatic carbocycles. The molecule has 186 valence electrons. The van der Waals surface area contributed by atoms with E-state index in [-0.39, 0.29) is 36.4 Å². The fourth-order valence-corrected chi connectivity index (χ4v) is 4.33. The first kappa shape index (κ1) is 23.0. The second-order valence-corrected chi connectivity index (χ2v) is 8.29. The second kappa shape index (κ2) is 9.12. The van der Waals surface area contributed by atoms with Gasteiger partial charge in [-0.2, -0.15) is 23.2 Å². The van der Waals surface area contributed by atoms with Crippen molar-refractivity contribution in [1.82, 2.24) is 24.9 Å². The van der Waals surface area contributed by atoms with Crippen LogP contribution in [0.3, 0.4) is 0 Å². The van der Waals surface area contributed by atoms with Crippen LogP contribution in [0.25, 0.3) is 0 Å². The van der Waals surface area contributed by atoms with Crippen LogP contribution in [0.1, 0.15) is 29.7 Å². The molecule has 0 saturated carbocycles. The van der Waals surface area contributed by atoms with E-state index in [1.54, 1.807) is 9.80 Å². The molecule has 0 N–H and O–H groups in total. The Kier molecular flexibility index (Phi) is 5.99. The number of methoxy groups -OCH3 is 1. The Balaban J connectivity index is 1.38. The Hall–Kier alpha value is -3.77. The smallest absolute Gasteiger partial charge is 0.421 e. The molecule has 0 unspecified atom stereocenters. The quantitative estimate of drug-likeness (QED) is 0.624. The number of ether oxygens (including phenoxy) is 2. The molecule has 0 spiro atoms. The highest BCUT2D eigenvalue weighted by molar-refractivity contribution is 5.92. The molecule has 1 fully saturated rings. The molecule has 1 amide bonds. The van der Waals surface area contributed by atoms with Gasteiger partial charge >= 0.3 is 6.18 Å². The molecule has 0 bridgehead atoms. The lowest BCUT2D eigenvalue weighted by atomic mass is 10.1. The van der Waals surface area contributed by atoms with E-state index in [1.165, 1.54) is 23.8 Å². The third-order valence-corrected chi connectivity index (χ3v) is 6.13. The van der Waals surface area contributed by atoms with Crippen molar-refractivity contribution < 1.29 is 32.3 Å². The van der Waals surface area contributed by atoms with Crippen LogP contribution in [-0.4, -0.2) is 64.3 Å². The summed E-state index contributed by atoms with van der Waals surface area (Å²) >= 11 is 0. The number of hydrogen-bond donors (Lipinski definition) is 0. The minimum absolute atomic E-state index is 0.00868. The van der Waals surface area contributed by atoms with Gasteiger partial charge in [-0.25, -0.2) is 9.97 Å². The van der Waals surface area contributed by atoms with Gasteiger partial charge in [0, 0.05) is 26.1 Å². The largest absolute Gasteiger partial charge is 0.481 e. The first-order chi connectivity index (χ1) is 16.8. The minimum atomic E-state index is -4.61. The number of likely N-dealkylation sites (tertiary alicyclic amines) is 1. The van der Waals surface area contributed by atoms with E-state index < -0.39 is 17.6 Å². The number of hydroxylamine groups is 2. The van der Waals surface area contributed by atoms with Crippen LogP contribution in [0.5, 0.6) is 11.8 Å². The average Bonchev–Trinajstić information content (AvgIpc) is 3.55. The summed E-state index contributed by atoms with van der Waals surface area (Å²) in [6.07, 6.45) is 1.82. The lowest BCUT2D eigenvalue weighted by molar-refractivity contribution is -0.139. The van der Waals surface area contributed by atoms with E-state index in [0.717, 1.165) is 31.7 Å². The van der Waals surface area contributed by atoms with E-state index in [2.05, 4.69) is 15.0 Å². The summed E-state index contributed by atoms with van der Waals surface area (Å²) in [5.74, 6) is -0.460. The van der Waals surface area contributed by atoms with Crippen LogP contribution in [-0.2, 0) is 28.7 Å². The molecular weight excluding hydrogens is 469 g/mol. The molecule has 2 aromatic rings. The Morgan fingerprint density at radius 2 is 1.91 bits per heavy atom. The fourth-order valence-electron chi connectivity index (χ4n) is 4.33. The first-order valence-corrected chi connectivity index (χ1v) is 11.1. The number of anilines is 1. The Bertz CT molecular complexity index is 1150. The van der Waals surface area contributed by atoms with Crippen LogP contribution < -0.4 is 14.5 Å². The Morgan fingerprint density at radius 3 is 2.66 bits per heavy atom. The minimum Gasteiger partial charge on any atom is -0.481 e. The third kappa shape index (κ3) is 4.49. The number of alkyl halides is 3. The summed E-state index contributed by atoms with van der Waals surface area (Å²) in [5.41, 5.74) is 0.936. The number of hydrogen-bond acceptors (Lipinski definition) is 9. The van der Waals surface area contributed by atoms with Gasteiger partial charge in [0.1, 0.15) is 18.2 Å². The van der Waals surface area contributed by atoms with Crippen LogP contribution in [0, 0.1) is 0 Å². The van der Waals surface area contributed by atoms with Gasteiger partial charge in [0.25, 0.3) is 11.8 Å². The van der Waals surface area contributed by atoms with Crippen LogP contribution >= 0.6 is 0 Å². The van der Waals surface area contributed by atoms with Crippen molar-refractivity contribution >= 4 is 11.6 Å². The van der Waals surface area contributed by atoms with Crippen molar-refractivity contribution in [3.8, 4) is 11.8 Å². The van der Waals surface area contributed by atoms with Gasteiger partial charge in [0.2, 0.25) is 5.88 Å². The molecular formula is C22H23F3N6O4. The number of halogens is 3. The predicted molar refractivity (Wildman–Crippen MR) is 115 cm³/mol. The third-order valence-electron chi connectivity index (χ3n) is 6.13. The highest BCUT2D eigenvalue weighted by atomic mass is 19.4. The normalized spacial score (nSPS) is 17.7. The van der Waals surface area contributed by atoms with E-state index >= 15 is 0 Å². The van der Waals surface area contributed by atoms with Crippen LogP contribution in [0.2, 0.25) is 0 Å². The zero-order valence-corrected chi connectivity index (χ0v) is 18.9. The maximum absolute atomic E-state index is 13.5. The standard InChI is InChI=1S/C22H23F3N6O4/c1-33-20-16(22(23,24)25)8-14(9-26-20)30-7-4-17-15(10-30)19(28-12-27-17)35-31-13-34-11-18(31)21(32)29-5-2-3-6-29/h8-9,11-12H,2-7,10,13H2,1H3. The van der Waals surface area contributed by atoms with Gasteiger partial charge in [-0.1, -0.05) is 0 Å². The average molecular weight is 492 g/mol. The summed E-state index contributed by atoms with van der Waals surface area (Å²) < 4.78 is 50.6. The monoisotopic (exact) mass is 492 g/mol. The van der Waals surface area contributed by atoms with E-state index in [1.807, 2.05) is 0 Å². The molecule has 2 aromatic heterocycles. The van der Waals surface area contributed by atoms with Gasteiger partial charge in [-0.15, -0.1) is 0 Å². The number of carbonyl (C=O) groups is 1. The molecule has 13 heteroatoms. The first-order valence-electron chi connectivity index (χ1n) is 11.1. The zero-order valence-electron chi connectivity index (χ0n) is 18.9. The molecule has 3 aliphatic heterocycles. The molecule has 10 nitrogen and oxygen atoms in total. The van der Waals surface area contributed by atoms with Crippen molar-refractivity contribution in [2.45, 2.75) is 32.0 Å². The molecule has 0 radical (unpaired) electrons. The SMILES string of the molecule is COc1ncc(N2CCc3ncnc(ON4COC=C4C(=O)N4CCCC4)c3C2)cc1C(F)(F)F. The lowest BCUT2D eigenvalue weighted by Crippen LogP contribution is -2.38. The number of rotatable bonds is 5. The number of aromatic nitrogens is 3. The maximum Gasteiger partial charge on any atom is 0.421 e. The molecule has 0 atom stereocenters. The summed E-state index contributed by atoms with van der Waals surface area (Å²) in [5, 5.41) is 1.33. The van der Waals surface area contributed by atoms with Crippen molar-refractivity contribution in [1.29, 1.82) is 0 Å².